The molecule has 0 N–H and O–H groups in total. The van der Waals surface area contributed by atoms with Crippen molar-refractivity contribution in [1.82, 2.24) is 9.80 Å². The lowest BCUT2D eigenvalue weighted by molar-refractivity contribution is -0.148. The lowest BCUT2D eigenvalue weighted by atomic mass is 9.95. The molecule has 2 amide bonds. The van der Waals surface area contributed by atoms with Crippen molar-refractivity contribution in [3.63, 3.8) is 0 Å². The summed E-state index contributed by atoms with van der Waals surface area (Å²) in [5.41, 5.74) is 0. The zero-order valence-corrected chi connectivity index (χ0v) is 16.2. The molecule has 0 aromatic carbocycles. The predicted molar refractivity (Wildman–Crippen MR) is 98.7 cm³/mol. The summed E-state index contributed by atoms with van der Waals surface area (Å²) in [5.74, 6) is 0.919. The minimum Gasteiger partial charge on any atom is -0.376 e. The highest BCUT2D eigenvalue weighted by molar-refractivity contribution is 5.80. The summed E-state index contributed by atoms with van der Waals surface area (Å²) in [5, 5.41) is 0. The smallest absolute Gasteiger partial charge is 0.251 e. The Morgan fingerprint density at radius 3 is 2.65 bits per heavy atom. The van der Waals surface area contributed by atoms with Crippen molar-refractivity contribution in [1.29, 1.82) is 0 Å². The molecule has 3 heterocycles. The zero-order valence-electron chi connectivity index (χ0n) is 16.2. The largest absolute Gasteiger partial charge is 0.376 e. The van der Waals surface area contributed by atoms with Crippen LogP contribution in [-0.4, -0.2) is 73.2 Å². The van der Waals surface area contributed by atoms with Crippen molar-refractivity contribution >= 4 is 11.8 Å². The standard InChI is InChI=1S/C20H34N2O4/c1-16(26-15-18-6-3-5-13-25-18)20(24)21-11-8-17(9-12-21)14-22-10-4-2-7-19(22)23/h16-18H,2-15H2,1H3. The van der Waals surface area contributed by atoms with Gasteiger partial charge in [-0.1, -0.05) is 0 Å². The van der Waals surface area contributed by atoms with Gasteiger partial charge in [0, 0.05) is 39.2 Å². The fourth-order valence-corrected chi connectivity index (χ4v) is 4.22. The van der Waals surface area contributed by atoms with Gasteiger partial charge in [0.1, 0.15) is 6.10 Å². The van der Waals surface area contributed by atoms with Gasteiger partial charge in [-0.05, 0) is 57.8 Å². The van der Waals surface area contributed by atoms with E-state index in [0.29, 0.717) is 24.9 Å². The maximum absolute atomic E-state index is 12.6. The molecule has 26 heavy (non-hydrogen) atoms. The molecule has 0 radical (unpaired) electrons. The third-order valence-electron chi connectivity index (χ3n) is 5.98. The summed E-state index contributed by atoms with van der Waals surface area (Å²) >= 11 is 0. The van der Waals surface area contributed by atoms with Crippen LogP contribution in [0.5, 0.6) is 0 Å². The van der Waals surface area contributed by atoms with Crippen LogP contribution in [0.3, 0.4) is 0 Å². The number of carbonyl (C=O) groups excluding carboxylic acids is 2. The molecule has 2 unspecified atom stereocenters. The molecule has 0 aromatic heterocycles. The maximum Gasteiger partial charge on any atom is 0.251 e. The van der Waals surface area contributed by atoms with Crippen molar-refractivity contribution < 1.29 is 19.1 Å². The molecule has 3 fully saturated rings. The molecular formula is C20H34N2O4. The summed E-state index contributed by atoms with van der Waals surface area (Å²) in [6, 6.07) is 0. The number of carbonyl (C=O) groups is 2. The normalized spacial score (nSPS) is 26.8. The Labute approximate surface area is 157 Å². The second kappa shape index (κ2) is 9.70. The Balaban J connectivity index is 1.36. The third kappa shape index (κ3) is 5.43. The highest BCUT2D eigenvalue weighted by Gasteiger charge is 2.29. The summed E-state index contributed by atoms with van der Waals surface area (Å²) in [6.45, 7) is 6.50. The van der Waals surface area contributed by atoms with E-state index in [1.807, 2.05) is 16.7 Å². The number of likely N-dealkylation sites (tertiary alicyclic amines) is 2. The van der Waals surface area contributed by atoms with Gasteiger partial charge in [-0.15, -0.1) is 0 Å². The highest BCUT2D eigenvalue weighted by atomic mass is 16.5. The minimum atomic E-state index is -0.402. The number of ether oxygens (including phenoxy) is 2. The first kappa shape index (κ1) is 19.6. The fraction of sp³-hybridized carbons (Fsp3) is 0.900. The number of piperidine rings is 2. The zero-order chi connectivity index (χ0) is 18.4. The average molecular weight is 367 g/mol. The Morgan fingerprint density at radius 2 is 1.96 bits per heavy atom. The quantitative estimate of drug-likeness (QED) is 0.723. The van der Waals surface area contributed by atoms with E-state index < -0.39 is 6.10 Å². The first-order valence-electron chi connectivity index (χ1n) is 10.4. The molecule has 3 aliphatic heterocycles. The van der Waals surface area contributed by atoms with Crippen LogP contribution in [0.15, 0.2) is 0 Å². The van der Waals surface area contributed by atoms with Gasteiger partial charge < -0.3 is 19.3 Å². The van der Waals surface area contributed by atoms with Crippen molar-refractivity contribution in [3.05, 3.63) is 0 Å². The van der Waals surface area contributed by atoms with Gasteiger partial charge in [-0.25, -0.2) is 0 Å². The van der Waals surface area contributed by atoms with Crippen molar-refractivity contribution in [2.24, 2.45) is 5.92 Å². The van der Waals surface area contributed by atoms with Crippen LogP contribution >= 0.6 is 0 Å². The molecule has 3 saturated heterocycles. The van der Waals surface area contributed by atoms with E-state index in [4.69, 9.17) is 9.47 Å². The molecule has 2 atom stereocenters. The number of rotatable bonds is 6. The molecule has 0 spiro atoms. The van der Waals surface area contributed by atoms with E-state index >= 15 is 0 Å². The first-order valence-corrected chi connectivity index (χ1v) is 10.4. The minimum absolute atomic E-state index is 0.0910. The van der Waals surface area contributed by atoms with E-state index in [9.17, 15) is 9.59 Å². The Bertz CT molecular complexity index is 470. The van der Waals surface area contributed by atoms with Crippen LogP contribution < -0.4 is 0 Å². The fourth-order valence-electron chi connectivity index (χ4n) is 4.22. The molecular weight excluding hydrogens is 332 g/mol. The Kier molecular flexibility index (Phi) is 7.32. The van der Waals surface area contributed by atoms with Gasteiger partial charge in [0.15, 0.2) is 0 Å². The summed E-state index contributed by atoms with van der Waals surface area (Å²) in [4.78, 5) is 28.5. The lowest BCUT2D eigenvalue weighted by Crippen LogP contribution is -2.47. The molecule has 0 bridgehead atoms. The van der Waals surface area contributed by atoms with Crippen LogP contribution in [0.25, 0.3) is 0 Å². The van der Waals surface area contributed by atoms with E-state index in [1.54, 1.807) is 0 Å². The highest BCUT2D eigenvalue weighted by Crippen LogP contribution is 2.22. The Hall–Kier alpha value is -1.14. The summed E-state index contributed by atoms with van der Waals surface area (Å²) in [6.07, 6.45) is 7.91. The second-order valence-corrected chi connectivity index (χ2v) is 8.03. The summed E-state index contributed by atoms with van der Waals surface area (Å²) < 4.78 is 11.5. The number of amides is 2. The van der Waals surface area contributed by atoms with Crippen LogP contribution in [0, 0.1) is 5.92 Å². The SMILES string of the molecule is CC(OCC1CCCCO1)C(=O)N1CCC(CN2CCCCC2=O)CC1. The third-order valence-corrected chi connectivity index (χ3v) is 5.98. The molecule has 0 aromatic rings. The van der Waals surface area contributed by atoms with Crippen molar-refractivity contribution in [3.8, 4) is 0 Å². The molecule has 0 aliphatic carbocycles. The number of hydrogen-bond acceptors (Lipinski definition) is 4. The van der Waals surface area contributed by atoms with Gasteiger partial charge >= 0.3 is 0 Å². The van der Waals surface area contributed by atoms with Gasteiger partial charge in [0.2, 0.25) is 5.91 Å². The number of nitrogens with zero attached hydrogens (tertiary/aromatic N) is 2. The molecule has 6 nitrogen and oxygen atoms in total. The van der Waals surface area contributed by atoms with E-state index in [0.717, 1.165) is 71.3 Å². The molecule has 3 rings (SSSR count). The lowest BCUT2D eigenvalue weighted by Gasteiger charge is -2.37. The van der Waals surface area contributed by atoms with Gasteiger partial charge in [0.25, 0.3) is 5.91 Å². The maximum atomic E-state index is 12.6. The van der Waals surface area contributed by atoms with Crippen LogP contribution in [0.1, 0.15) is 58.3 Å². The molecule has 148 valence electrons. The average Bonchev–Trinajstić information content (AvgIpc) is 2.69. The van der Waals surface area contributed by atoms with Gasteiger partial charge in [-0.3, -0.25) is 9.59 Å². The Morgan fingerprint density at radius 1 is 1.15 bits per heavy atom. The van der Waals surface area contributed by atoms with Crippen LogP contribution in [0.4, 0.5) is 0 Å². The van der Waals surface area contributed by atoms with Crippen molar-refractivity contribution in [2.45, 2.75) is 70.5 Å². The van der Waals surface area contributed by atoms with Crippen molar-refractivity contribution in [2.75, 3.05) is 39.4 Å². The molecule has 6 heteroatoms. The second-order valence-electron chi connectivity index (χ2n) is 8.03. The summed E-state index contributed by atoms with van der Waals surface area (Å²) in [7, 11) is 0. The van der Waals surface area contributed by atoms with E-state index in [-0.39, 0.29) is 12.0 Å². The number of hydrogen-bond donors (Lipinski definition) is 0. The first-order chi connectivity index (χ1) is 12.6. The van der Waals surface area contributed by atoms with Gasteiger partial charge in [-0.2, -0.15) is 0 Å². The van der Waals surface area contributed by atoms with E-state index in [1.165, 1.54) is 6.42 Å². The monoisotopic (exact) mass is 366 g/mol. The van der Waals surface area contributed by atoms with E-state index in [2.05, 4.69) is 0 Å². The van der Waals surface area contributed by atoms with Crippen LogP contribution in [-0.2, 0) is 19.1 Å². The van der Waals surface area contributed by atoms with Gasteiger partial charge in [0.05, 0.1) is 12.7 Å². The topological polar surface area (TPSA) is 59.1 Å². The molecule has 3 aliphatic rings. The predicted octanol–water partition coefficient (Wildman–Crippen LogP) is 2.21. The van der Waals surface area contributed by atoms with Crippen LogP contribution in [0.2, 0.25) is 0 Å². The molecule has 0 saturated carbocycles.